The van der Waals surface area contributed by atoms with Crippen molar-refractivity contribution in [3.05, 3.63) is 18.5 Å². The molecule has 0 aromatic carbocycles. The molecule has 1 saturated heterocycles. The number of halogens is 1. The molecule has 1 N–H and O–H groups in total. The third-order valence-electron chi connectivity index (χ3n) is 4.50. The van der Waals surface area contributed by atoms with Gasteiger partial charge in [-0.3, -0.25) is 4.99 Å². The number of aromatic nitrogens is 2. The van der Waals surface area contributed by atoms with Gasteiger partial charge in [-0.15, -0.1) is 24.0 Å². The molecular weight excluding hydrogens is 479 g/mol. The molecule has 0 bridgehead atoms. The molecule has 1 aromatic rings. The van der Waals surface area contributed by atoms with E-state index in [9.17, 15) is 8.42 Å². The Hall–Kier alpha value is -1.17. The fraction of sp³-hybridized carbons (Fsp3) is 0.706. The van der Waals surface area contributed by atoms with E-state index in [2.05, 4.69) is 43.9 Å². The number of hydrogen-bond acceptors (Lipinski definition) is 6. The van der Waals surface area contributed by atoms with Crippen LogP contribution in [0, 0.1) is 5.41 Å². The number of aliphatic imine (C=N–C) groups is 1. The van der Waals surface area contributed by atoms with Gasteiger partial charge in [0.1, 0.15) is 9.84 Å². The van der Waals surface area contributed by atoms with Crippen LogP contribution >= 0.6 is 24.0 Å². The van der Waals surface area contributed by atoms with Crippen LogP contribution < -0.4 is 10.2 Å². The van der Waals surface area contributed by atoms with Gasteiger partial charge in [-0.05, 0) is 17.9 Å². The van der Waals surface area contributed by atoms with Gasteiger partial charge in [0, 0.05) is 58.4 Å². The van der Waals surface area contributed by atoms with E-state index in [-0.39, 0.29) is 35.1 Å². The van der Waals surface area contributed by atoms with Crippen LogP contribution in [0.1, 0.15) is 20.3 Å². The van der Waals surface area contributed by atoms with Crippen molar-refractivity contribution in [2.45, 2.75) is 20.3 Å². The summed E-state index contributed by atoms with van der Waals surface area (Å²) in [5.41, 5.74) is -0.126. The van der Waals surface area contributed by atoms with Gasteiger partial charge in [0.05, 0.1) is 5.75 Å². The normalized spacial score (nSPS) is 16.1. The molecule has 1 aliphatic rings. The molecule has 0 unspecified atom stereocenters. The quantitative estimate of drug-likeness (QED) is 0.350. The Balaban J connectivity index is 0.00000364. The third kappa shape index (κ3) is 8.16. The van der Waals surface area contributed by atoms with E-state index in [1.165, 1.54) is 6.26 Å². The van der Waals surface area contributed by atoms with Crippen molar-refractivity contribution in [3.63, 3.8) is 0 Å². The number of anilines is 1. The first kappa shape index (κ1) is 23.9. The van der Waals surface area contributed by atoms with Crippen molar-refractivity contribution in [2.24, 2.45) is 10.4 Å². The van der Waals surface area contributed by atoms with E-state index in [1.54, 1.807) is 19.4 Å². The van der Waals surface area contributed by atoms with E-state index in [4.69, 9.17) is 0 Å². The molecule has 8 nitrogen and oxygen atoms in total. The van der Waals surface area contributed by atoms with Gasteiger partial charge in [-0.1, -0.05) is 13.8 Å². The van der Waals surface area contributed by atoms with Gasteiger partial charge in [0.15, 0.2) is 5.96 Å². The molecule has 2 heterocycles. The van der Waals surface area contributed by atoms with Crippen molar-refractivity contribution in [3.8, 4) is 0 Å². The van der Waals surface area contributed by atoms with Gasteiger partial charge in [-0.25, -0.2) is 18.4 Å². The Bertz CT molecular complexity index is 703. The minimum Gasteiger partial charge on any atom is -0.356 e. The highest BCUT2D eigenvalue weighted by Gasteiger charge is 2.24. The monoisotopic (exact) mass is 510 g/mol. The first-order chi connectivity index (χ1) is 12.2. The smallest absolute Gasteiger partial charge is 0.225 e. The predicted molar refractivity (Wildman–Crippen MR) is 121 cm³/mol. The van der Waals surface area contributed by atoms with Crippen LogP contribution in [0.2, 0.25) is 0 Å². The van der Waals surface area contributed by atoms with Gasteiger partial charge in [0.2, 0.25) is 5.95 Å². The zero-order valence-corrected chi connectivity index (χ0v) is 19.7. The molecule has 0 amide bonds. The molecule has 0 spiro atoms. The Labute approximate surface area is 179 Å². The third-order valence-corrected chi connectivity index (χ3v) is 5.45. The second-order valence-electron chi connectivity index (χ2n) is 7.47. The molecular formula is C17H31IN6O2S. The van der Waals surface area contributed by atoms with Gasteiger partial charge in [-0.2, -0.15) is 0 Å². The van der Waals surface area contributed by atoms with Crippen molar-refractivity contribution >= 4 is 45.7 Å². The topological polar surface area (TPSA) is 90.8 Å². The SMILES string of the molecule is CN=C(NCC(C)(C)CCS(C)(=O)=O)N1CCN(c2ncccn2)CC1.I. The van der Waals surface area contributed by atoms with Gasteiger partial charge >= 0.3 is 0 Å². The summed E-state index contributed by atoms with van der Waals surface area (Å²) in [6.45, 7) is 8.16. The average Bonchev–Trinajstić information content (AvgIpc) is 2.61. The highest BCUT2D eigenvalue weighted by Crippen LogP contribution is 2.20. The first-order valence-electron chi connectivity index (χ1n) is 8.85. The summed E-state index contributed by atoms with van der Waals surface area (Å²) in [5.74, 6) is 1.82. The van der Waals surface area contributed by atoms with E-state index < -0.39 is 9.84 Å². The Morgan fingerprint density at radius 2 is 1.81 bits per heavy atom. The molecule has 0 radical (unpaired) electrons. The lowest BCUT2D eigenvalue weighted by atomic mass is 9.90. The number of guanidine groups is 1. The molecule has 1 fully saturated rings. The molecule has 1 aliphatic heterocycles. The molecule has 27 heavy (non-hydrogen) atoms. The van der Waals surface area contributed by atoms with E-state index in [0.717, 1.165) is 38.1 Å². The second kappa shape index (κ2) is 10.4. The van der Waals surface area contributed by atoms with E-state index in [0.29, 0.717) is 13.0 Å². The van der Waals surface area contributed by atoms with Crippen LogP contribution in [0.25, 0.3) is 0 Å². The van der Waals surface area contributed by atoms with Crippen LogP contribution in [0.5, 0.6) is 0 Å². The van der Waals surface area contributed by atoms with Crippen molar-refractivity contribution in [1.82, 2.24) is 20.2 Å². The molecule has 10 heteroatoms. The van der Waals surface area contributed by atoms with Crippen molar-refractivity contribution < 1.29 is 8.42 Å². The lowest BCUT2D eigenvalue weighted by Crippen LogP contribution is -2.54. The number of sulfone groups is 1. The molecule has 154 valence electrons. The van der Waals surface area contributed by atoms with Crippen LogP contribution in [0.3, 0.4) is 0 Å². The van der Waals surface area contributed by atoms with Gasteiger partial charge < -0.3 is 15.1 Å². The maximum absolute atomic E-state index is 11.4. The summed E-state index contributed by atoms with van der Waals surface area (Å²) in [6, 6.07) is 1.82. The largest absolute Gasteiger partial charge is 0.356 e. The number of nitrogens with one attached hydrogen (secondary N) is 1. The fourth-order valence-electron chi connectivity index (χ4n) is 2.77. The number of nitrogens with zero attached hydrogens (tertiary/aromatic N) is 5. The van der Waals surface area contributed by atoms with Crippen LogP contribution in [-0.4, -0.2) is 81.0 Å². The second-order valence-corrected chi connectivity index (χ2v) is 9.73. The Morgan fingerprint density at radius 3 is 2.33 bits per heavy atom. The Morgan fingerprint density at radius 1 is 1.22 bits per heavy atom. The molecule has 0 aliphatic carbocycles. The standard InChI is InChI=1S/C17H30N6O2S.HI/c1-17(2,6-13-26(4,24)25)14-21-15(18-3)22-9-11-23(12-10-22)16-19-7-5-8-20-16;/h5,7-8H,6,9-14H2,1-4H3,(H,18,21);1H. The first-order valence-corrected chi connectivity index (χ1v) is 10.9. The molecule has 1 aromatic heterocycles. The summed E-state index contributed by atoms with van der Waals surface area (Å²) < 4.78 is 22.8. The fourth-order valence-corrected chi connectivity index (χ4v) is 3.70. The summed E-state index contributed by atoms with van der Waals surface area (Å²) in [7, 11) is -1.16. The highest BCUT2D eigenvalue weighted by atomic mass is 127. The molecule has 0 atom stereocenters. The number of rotatable bonds is 6. The van der Waals surface area contributed by atoms with Crippen LogP contribution in [0.4, 0.5) is 5.95 Å². The van der Waals surface area contributed by atoms with Crippen LogP contribution in [0.15, 0.2) is 23.5 Å². The predicted octanol–water partition coefficient (Wildman–Crippen LogP) is 1.25. The van der Waals surface area contributed by atoms with Crippen molar-refractivity contribution in [1.29, 1.82) is 0 Å². The van der Waals surface area contributed by atoms with Crippen molar-refractivity contribution in [2.75, 3.05) is 56.7 Å². The Kier molecular flexibility index (Phi) is 9.19. The maximum atomic E-state index is 11.4. The van der Waals surface area contributed by atoms with Gasteiger partial charge in [0.25, 0.3) is 0 Å². The highest BCUT2D eigenvalue weighted by molar-refractivity contribution is 14.0. The van der Waals surface area contributed by atoms with E-state index in [1.807, 2.05) is 6.07 Å². The zero-order chi connectivity index (χ0) is 19.2. The van der Waals surface area contributed by atoms with Crippen LogP contribution in [-0.2, 0) is 9.84 Å². The number of piperazine rings is 1. The lowest BCUT2D eigenvalue weighted by molar-refractivity contribution is 0.326. The summed E-state index contributed by atoms with van der Waals surface area (Å²) >= 11 is 0. The minimum atomic E-state index is -2.94. The summed E-state index contributed by atoms with van der Waals surface area (Å²) in [4.78, 5) is 17.4. The minimum absolute atomic E-state index is 0. The number of hydrogen-bond donors (Lipinski definition) is 1. The summed E-state index contributed by atoms with van der Waals surface area (Å²) in [5, 5.41) is 3.40. The zero-order valence-electron chi connectivity index (χ0n) is 16.6. The molecule has 2 rings (SSSR count). The maximum Gasteiger partial charge on any atom is 0.225 e. The molecule has 0 saturated carbocycles. The average molecular weight is 510 g/mol. The lowest BCUT2D eigenvalue weighted by Gasteiger charge is -2.37. The van der Waals surface area contributed by atoms with E-state index >= 15 is 0 Å². The summed E-state index contributed by atoms with van der Waals surface area (Å²) in [6.07, 6.45) is 5.42.